The van der Waals surface area contributed by atoms with E-state index in [1.807, 2.05) is 0 Å². The van der Waals surface area contributed by atoms with Crippen molar-refractivity contribution in [3.8, 4) is 0 Å². The summed E-state index contributed by atoms with van der Waals surface area (Å²) in [6.07, 6.45) is 5.13. The van der Waals surface area contributed by atoms with Crippen LogP contribution in [0.5, 0.6) is 0 Å². The summed E-state index contributed by atoms with van der Waals surface area (Å²) in [5, 5.41) is 9.32. The van der Waals surface area contributed by atoms with Crippen LogP contribution in [-0.2, 0) is 9.53 Å². The number of hydrogen-bond acceptors (Lipinski definition) is 3. The summed E-state index contributed by atoms with van der Waals surface area (Å²) in [4.78, 5) is 11.7. The van der Waals surface area contributed by atoms with E-state index in [9.17, 15) is 9.90 Å². The maximum atomic E-state index is 11.7. The Bertz CT molecular complexity index is 449. The summed E-state index contributed by atoms with van der Waals surface area (Å²) in [5.74, 6) is 0.138. The van der Waals surface area contributed by atoms with Crippen molar-refractivity contribution in [2.24, 2.45) is 11.3 Å². The zero-order chi connectivity index (χ0) is 12.9. The standard InChI is InChI=1S/C15H20O3/c1-9-4-3-5-15(2)7-13-10(6-12(9)15)11(8-16)14(17)18-13/h12-13,16H,1,3-8H2,2H3/t12-,13-,15+/m0/s1. The molecule has 0 radical (unpaired) electrons. The van der Waals surface area contributed by atoms with E-state index < -0.39 is 0 Å². The molecule has 0 saturated heterocycles. The van der Waals surface area contributed by atoms with Gasteiger partial charge in [-0.15, -0.1) is 0 Å². The van der Waals surface area contributed by atoms with E-state index in [0.29, 0.717) is 11.5 Å². The van der Waals surface area contributed by atoms with Crippen LogP contribution in [0.1, 0.15) is 39.0 Å². The first-order valence-electron chi connectivity index (χ1n) is 6.76. The van der Waals surface area contributed by atoms with Gasteiger partial charge in [0.1, 0.15) is 6.10 Å². The number of allylic oxidation sites excluding steroid dienone is 1. The topological polar surface area (TPSA) is 46.5 Å². The molecule has 3 aliphatic rings. The second-order valence-corrected chi connectivity index (χ2v) is 6.18. The number of esters is 1. The smallest absolute Gasteiger partial charge is 0.337 e. The van der Waals surface area contributed by atoms with Gasteiger partial charge in [0, 0.05) is 0 Å². The van der Waals surface area contributed by atoms with Crippen molar-refractivity contribution in [1.82, 2.24) is 0 Å². The molecule has 0 amide bonds. The summed E-state index contributed by atoms with van der Waals surface area (Å²) >= 11 is 0. The van der Waals surface area contributed by atoms with E-state index in [1.54, 1.807) is 0 Å². The van der Waals surface area contributed by atoms with Crippen LogP contribution in [0.3, 0.4) is 0 Å². The van der Waals surface area contributed by atoms with E-state index in [-0.39, 0.29) is 24.1 Å². The van der Waals surface area contributed by atoms with Gasteiger partial charge in [-0.25, -0.2) is 4.79 Å². The average molecular weight is 248 g/mol. The summed E-state index contributed by atoms with van der Waals surface area (Å²) in [6.45, 7) is 6.32. The Morgan fingerprint density at radius 3 is 3.06 bits per heavy atom. The van der Waals surface area contributed by atoms with Gasteiger partial charge in [-0.05, 0) is 49.0 Å². The van der Waals surface area contributed by atoms with E-state index in [0.717, 1.165) is 24.8 Å². The molecule has 3 nitrogen and oxygen atoms in total. The second kappa shape index (κ2) is 3.95. The highest BCUT2D eigenvalue weighted by molar-refractivity contribution is 5.92. The van der Waals surface area contributed by atoms with Gasteiger partial charge in [0.15, 0.2) is 0 Å². The van der Waals surface area contributed by atoms with Crippen LogP contribution in [-0.4, -0.2) is 23.8 Å². The van der Waals surface area contributed by atoms with E-state index in [1.165, 1.54) is 18.4 Å². The molecule has 3 rings (SSSR count). The molecule has 1 aliphatic heterocycles. The molecule has 2 fully saturated rings. The SMILES string of the molecule is C=C1CCC[C@]2(C)C[C@@H]3OC(=O)C(CO)=C3C[C@@H]12. The molecule has 2 aliphatic carbocycles. The van der Waals surface area contributed by atoms with Gasteiger partial charge in [0.05, 0.1) is 12.2 Å². The Balaban J connectivity index is 1.97. The third-order valence-corrected chi connectivity index (χ3v) is 5.09. The maximum Gasteiger partial charge on any atom is 0.337 e. The third kappa shape index (κ3) is 1.57. The maximum absolute atomic E-state index is 11.7. The Kier molecular flexibility index (Phi) is 2.63. The molecule has 1 heterocycles. The van der Waals surface area contributed by atoms with Crippen LogP contribution in [0.2, 0.25) is 0 Å². The van der Waals surface area contributed by atoms with Gasteiger partial charge in [-0.2, -0.15) is 0 Å². The van der Waals surface area contributed by atoms with Crippen molar-refractivity contribution in [2.75, 3.05) is 6.61 Å². The van der Waals surface area contributed by atoms with Crippen LogP contribution in [0.15, 0.2) is 23.3 Å². The zero-order valence-electron chi connectivity index (χ0n) is 10.9. The van der Waals surface area contributed by atoms with E-state index in [4.69, 9.17) is 4.74 Å². The van der Waals surface area contributed by atoms with Crippen molar-refractivity contribution in [2.45, 2.75) is 45.1 Å². The summed E-state index contributed by atoms with van der Waals surface area (Å²) in [7, 11) is 0. The van der Waals surface area contributed by atoms with Crippen LogP contribution in [0.25, 0.3) is 0 Å². The molecular weight excluding hydrogens is 228 g/mol. The normalized spacial score (nSPS) is 39.4. The number of rotatable bonds is 1. The van der Waals surface area contributed by atoms with Crippen LogP contribution >= 0.6 is 0 Å². The monoisotopic (exact) mass is 248 g/mol. The minimum absolute atomic E-state index is 0.0909. The fourth-order valence-corrected chi connectivity index (χ4v) is 4.02. The number of hydrogen-bond donors (Lipinski definition) is 1. The number of fused-ring (bicyclic) bond motifs is 2. The van der Waals surface area contributed by atoms with Crippen LogP contribution in [0.4, 0.5) is 0 Å². The van der Waals surface area contributed by atoms with E-state index in [2.05, 4.69) is 13.5 Å². The summed E-state index contributed by atoms with van der Waals surface area (Å²) < 4.78 is 5.42. The molecule has 0 aromatic carbocycles. The van der Waals surface area contributed by atoms with Crippen LogP contribution < -0.4 is 0 Å². The lowest BCUT2D eigenvalue weighted by molar-refractivity contribution is -0.142. The summed E-state index contributed by atoms with van der Waals surface area (Å²) in [5.41, 5.74) is 3.06. The average Bonchev–Trinajstić information content (AvgIpc) is 2.60. The molecule has 98 valence electrons. The molecule has 2 saturated carbocycles. The molecule has 0 aromatic rings. The van der Waals surface area contributed by atoms with E-state index >= 15 is 0 Å². The number of carbonyl (C=O) groups is 1. The molecule has 0 unspecified atom stereocenters. The Morgan fingerprint density at radius 1 is 1.56 bits per heavy atom. The first-order valence-corrected chi connectivity index (χ1v) is 6.76. The first kappa shape index (κ1) is 12.0. The number of ether oxygens (including phenoxy) is 1. The lowest BCUT2D eigenvalue weighted by Gasteiger charge is -2.48. The number of aliphatic hydroxyl groups is 1. The van der Waals surface area contributed by atoms with Crippen molar-refractivity contribution in [1.29, 1.82) is 0 Å². The fraction of sp³-hybridized carbons (Fsp3) is 0.667. The third-order valence-electron chi connectivity index (χ3n) is 5.09. The van der Waals surface area contributed by atoms with Crippen molar-refractivity contribution in [3.63, 3.8) is 0 Å². The van der Waals surface area contributed by atoms with Gasteiger partial charge >= 0.3 is 5.97 Å². The largest absolute Gasteiger partial charge is 0.454 e. The summed E-state index contributed by atoms with van der Waals surface area (Å²) in [6, 6.07) is 0. The highest BCUT2D eigenvalue weighted by Gasteiger charge is 2.49. The number of carbonyl (C=O) groups excluding carboxylic acids is 1. The van der Waals surface area contributed by atoms with Crippen molar-refractivity contribution >= 4 is 5.97 Å². The van der Waals surface area contributed by atoms with Crippen molar-refractivity contribution < 1.29 is 14.6 Å². The molecule has 0 bridgehead atoms. The molecule has 18 heavy (non-hydrogen) atoms. The van der Waals surface area contributed by atoms with Crippen molar-refractivity contribution in [3.05, 3.63) is 23.3 Å². The van der Waals surface area contributed by atoms with Gasteiger partial charge in [0.25, 0.3) is 0 Å². The van der Waals surface area contributed by atoms with Gasteiger partial charge < -0.3 is 9.84 Å². The first-order chi connectivity index (χ1) is 8.55. The highest BCUT2D eigenvalue weighted by atomic mass is 16.5. The molecular formula is C15H20O3. The quantitative estimate of drug-likeness (QED) is 0.572. The zero-order valence-corrected chi connectivity index (χ0v) is 10.9. The molecule has 0 aromatic heterocycles. The van der Waals surface area contributed by atoms with Gasteiger partial charge in [-0.1, -0.05) is 19.1 Å². The Labute approximate surface area is 108 Å². The molecule has 3 heteroatoms. The lowest BCUT2D eigenvalue weighted by Crippen LogP contribution is -2.41. The molecule has 1 N–H and O–H groups in total. The second-order valence-electron chi connectivity index (χ2n) is 6.18. The highest BCUT2D eigenvalue weighted by Crippen LogP contribution is 2.55. The molecule has 0 spiro atoms. The number of aliphatic hydroxyl groups excluding tert-OH is 1. The lowest BCUT2D eigenvalue weighted by atomic mass is 9.57. The Morgan fingerprint density at radius 2 is 2.33 bits per heavy atom. The van der Waals surface area contributed by atoms with Crippen LogP contribution in [0, 0.1) is 11.3 Å². The van der Waals surface area contributed by atoms with Gasteiger partial charge in [0.2, 0.25) is 0 Å². The predicted octanol–water partition coefficient (Wildman–Crippen LogP) is 2.36. The minimum Gasteiger partial charge on any atom is -0.454 e. The fourth-order valence-electron chi connectivity index (χ4n) is 4.02. The van der Waals surface area contributed by atoms with Gasteiger partial charge in [-0.3, -0.25) is 0 Å². The predicted molar refractivity (Wildman–Crippen MR) is 67.8 cm³/mol. The molecule has 3 atom stereocenters. The minimum atomic E-state index is -0.314. The Hall–Kier alpha value is -1.09.